The van der Waals surface area contributed by atoms with Crippen LogP contribution >= 0.6 is 11.6 Å². The number of unbranched alkanes of at least 4 members (excludes halogenated alkanes) is 3. The summed E-state index contributed by atoms with van der Waals surface area (Å²) in [5.74, 6) is 0. The predicted molar refractivity (Wildman–Crippen MR) is 75.5 cm³/mol. The van der Waals surface area contributed by atoms with Crippen molar-refractivity contribution in [3.63, 3.8) is 0 Å². The van der Waals surface area contributed by atoms with Crippen molar-refractivity contribution in [2.45, 2.75) is 32.6 Å². The van der Waals surface area contributed by atoms with E-state index in [-0.39, 0.29) is 5.69 Å². The lowest BCUT2D eigenvalue weighted by Gasteiger charge is -2.20. The van der Waals surface area contributed by atoms with E-state index in [9.17, 15) is 10.1 Å². The molecule has 0 aliphatic carbocycles. The molecule has 4 nitrogen and oxygen atoms in total. The van der Waals surface area contributed by atoms with E-state index in [1.807, 2.05) is 11.9 Å². The third kappa shape index (κ3) is 4.18. The van der Waals surface area contributed by atoms with Gasteiger partial charge in [0, 0.05) is 25.7 Å². The molecule has 18 heavy (non-hydrogen) atoms. The Labute approximate surface area is 113 Å². The monoisotopic (exact) mass is 270 g/mol. The molecule has 0 spiro atoms. The molecule has 1 aromatic carbocycles. The topological polar surface area (TPSA) is 46.4 Å². The number of nitrogens with zero attached hydrogens (tertiary/aromatic N) is 2. The maximum atomic E-state index is 10.6. The molecule has 0 N–H and O–H groups in total. The number of benzene rings is 1. The standard InChI is InChI=1S/C13H19ClN2O2/c1-3-4-5-6-9-15(2)13-8-7-11(16(17)18)10-12(13)14/h7-8,10H,3-6,9H2,1-2H3. The van der Waals surface area contributed by atoms with E-state index in [1.165, 1.54) is 31.4 Å². The summed E-state index contributed by atoms with van der Waals surface area (Å²) in [5.41, 5.74) is 0.877. The Hall–Kier alpha value is -1.29. The molecule has 1 rings (SSSR count). The van der Waals surface area contributed by atoms with Crippen LogP contribution in [0, 0.1) is 10.1 Å². The van der Waals surface area contributed by atoms with Crippen molar-refractivity contribution < 1.29 is 4.92 Å². The van der Waals surface area contributed by atoms with Crippen LogP contribution in [0.4, 0.5) is 11.4 Å². The highest BCUT2D eigenvalue weighted by Crippen LogP contribution is 2.29. The molecule has 0 aromatic heterocycles. The number of nitro groups is 1. The summed E-state index contributed by atoms with van der Waals surface area (Å²) >= 11 is 6.06. The molecule has 0 saturated carbocycles. The first-order valence-electron chi connectivity index (χ1n) is 6.21. The second-order valence-corrected chi connectivity index (χ2v) is 4.78. The smallest absolute Gasteiger partial charge is 0.271 e. The zero-order valence-electron chi connectivity index (χ0n) is 10.9. The van der Waals surface area contributed by atoms with Gasteiger partial charge in [0.15, 0.2) is 0 Å². The largest absolute Gasteiger partial charge is 0.373 e. The van der Waals surface area contributed by atoms with Gasteiger partial charge in [-0.3, -0.25) is 10.1 Å². The first kappa shape index (κ1) is 14.8. The van der Waals surface area contributed by atoms with Crippen LogP contribution in [0.5, 0.6) is 0 Å². The van der Waals surface area contributed by atoms with Crippen molar-refractivity contribution in [1.29, 1.82) is 0 Å². The number of rotatable bonds is 7. The molecule has 5 heteroatoms. The van der Waals surface area contributed by atoms with Crippen molar-refractivity contribution in [1.82, 2.24) is 0 Å². The predicted octanol–water partition coefficient (Wildman–Crippen LogP) is 4.26. The lowest BCUT2D eigenvalue weighted by Crippen LogP contribution is -2.18. The fourth-order valence-electron chi connectivity index (χ4n) is 1.82. The second-order valence-electron chi connectivity index (χ2n) is 4.38. The van der Waals surface area contributed by atoms with Crippen LogP contribution in [0.1, 0.15) is 32.6 Å². The molecule has 100 valence electrons. The molecule has 0 heterocycles. The molecule has 0 atom stereocenters. The van der Waals surface area contributed by atoms with Gasteiger partial charge in [-0.05, 0) is 12.5 Å². The van der Waals surface area contributed by atoms with Crippen LogP contribution in [-0.2, 0) is 0 Å². The van der Waals surface area contributed by atoms with Crippen LogP contribution in [0.15, 0.2) is 18.2 Å². The Morgan fingerprint density at radius 2 is 2.06 bits per heavy atom. The van der Waals surface area contributed by atoms with E-state index in [0.717, 1.165) is 18.7 Å². The maximum Gasteiger partial charge on any atom is 0.271 e. The third-order valence-electron chi connectivity index (χ3n) is 2.90. The van der Waals surface area contributed by atoms with Gasteiger partial charge in [0.25, 0.3) is 5.69 Å². The van der Waals surface area contributed by atoms with Crippen LogP contribution in [0.2, 0.25) is 5.02 Å². The quantitative estimate of drug-likeness (QED) is 0.422. The number of hydrogen-bond acceptors (Lipinski definition) is 3. The van der Waals surface area contributed by atoms with E-state index < -0.39 is 4.92 Å². The maximum absolute atomic E-state index is 10.6. The van der Waals surface area contributed by atoms with Crippen LogP contribution in [0.3, 0.4) is 0 Å². The summed E-state index contributed by atoms with van der Waals surface area (Å²) in [6.45, 7) is 3.09. The number of halogens is 1. The lowest BCUT2D eigenvalue weighted by molar-refractivity contribution is -0.384. The molecule has 0 bridgehead atoms. The van der Waals surface area contributed by atoms with Gasteiger partial charge in [0.2, 0.25) is 0 Å². The number of anilines is 1. The Morgan fingerprint density at radius 3 is 2.61 bits per heavy atom. The summed E-state index contributed by atoms with van der Waals surface area (Å²) < 4.78 is 0. The Morgan fingerprint density at radius 1 is 1.33 bits per heavy atom. The zero-order chi connectivity index (χ0) is 13.5. The van der Waals surface area contributed by atoms with Crippen molar-refractivity contribution in [3.8, 4) is 0 Å². The van der Waals surface area contributed by atoms with E-state index >= 15 is 0 Å². The first-order chi connectivity index (χ1) is 8.56. The molecule has 0 amide bonds. The molecule has 0 aliphatic rings. The fraction of sp³-hybridized carbons (Fsp3) is 0.538. The van der Waals surface area contributed by atoms with Gasteiger partial charge in [0.1, 0.15) is 0 Å². The van der Waals surface area contributed by atoms with Gasteiger partial charge in [-0.2, -0.15) is 0 Å². The van der Waals surface area contributed by atoms with Crippen molar-refractivity contribution in [3.05, 3.63) is 33.3 Å². The molecule has 0 saturated heterocycles. The fourth-order valence-corrected chi connectivity index (χ4v) is 2.13. The molecule has 1 aromatic rings. The molecule has 0 unspecified atom stereocenters. The Balaban J connectivity index is 2.62. The summed E-state index contributed by atoms with van der Waals surface area (Å²) in [6, 6.07) is 4.60. The minimum atomic E-state index is -0.434. The van der Waals surface area contributed by atoms with Crippen LogP contribution in [0.25, 0.3) is 0 Å². The molecular formula is C13H19ClN2O2. The average molecular weight is 271 g/mol. The summed E-state index contributed by atoms with van der Waals surface area (Å²) in [5, 5.41) is 11.0. The number of hydrogen-bond donors (Lipinski definition) is 0. The van der Waals surface area contributed by atoms with E-state index in [2.05, 4.69) is 6.92 Å². The van der Waals surface area contributed by atoms with Crippen molar-refractivity contribution in [2.75, 3.05) is 18.5 Å². The normalized spacial score (nSPS) is 10.4. The van der Waals surface area contributed by atoms with Gasteiger partial charge in [-0.15, -0.1) is 0 Å². The minimum Gasteiger partial charge on any atom is -0.373 e. The lowest BCUT2D eigenvalue weighted by atomic mass is 10.2. The van der Waals surface area contributed by atoms with Gasteiger partial charge in [-0.1, -0.05) is 37.8 Å². The zero-order valence-corrected chi connectivity index (χ0v) is 11.6. The van der Waals surface area contributed by atoms with E-state index in [1.54, 1.807) is 6.07 Å². The average Bonchev–Trinajstić information content (AvgIpc) is 2.34. The minimum absolute atomic E-state index is 0.0307. The number of non-ortho nitro benzene ring substituents is 1. The van der Waals surface area contributed by atoms with Gasteiger partial charge < -0.3 is 4.90 Å². The highest BCUT2D eigenvalue weighted by atomic mass is 35.5. The highest BCUT2D eigenvalue weighted by molar-refractivity contribution is 6.33. The van der Waals surface area contributed by atoms with Crippen molar-refractivity contribution in [2.24, 2.45) is 0 Å². The SMILES string of the molecule is CCCCCCN(C)c1ccc([N+](=O)[O-])cc1Cl. The number of nitro benzene ring substituents is 1. The van der Waals surface area contributed by atoms with Gasteiger partial charge in [0.05, 0.1) is 15.6 Å². The summed E-state index contributed by atoms with van der Waals surface area (Å²) in [6.07, 6.45) is 4.76. The Kier molecular flexibility index (Phi) is 5.92. The van der Waals surface area contributed by atoms with Crippen molar-refractivity contribution >= 4 is 23.0 Å². The molecular weight excluding hydrogens is 252 g/mol. The van der Waals surface area contributed by atoms with Gasteiger partial charge >= 0.3 is 0 Å². The van der Waals surface area contributed by atoms with E-state index in [0.29, 0.717) is 5.02 Å². The molecule has 0 aliphatic heterocycles. The summed E-state index contributed by atoms with van der Waals surface area (Å²) in [4.78, 5) is 12.2. The third-order valence-corrected chi connectivity index (χ3v) is 3.20. The van der Waals surface area contributed by atoms with Crippen LogP contribution in [-0.4, -0.2) is 18.5 Å². The van der Waals surface area contributed by atoms with Crippen LogP contribution < -0.4 is 4.90 Å². The first-order valence-corrected chi connectivity index (χ1v) is 6.59. The van der Waals surface area contributed by atoms with Gasteiger partial charge in [-0.25, -0.2) is 0 Å². The second kappa shape index (κ2) is 7.21. The summed E-state index contributed by atoms with van der Waals surface area (Å²) in [7, 11) is 1.96. The molecule has 0 fully saturated rings. The van der Waals surface area contributed by atoms with E-state index in [4.69, 9.17) is 11.6 Å². The molecule has 0 radical (unpaired) electrons. The highest BCUT2D eigenvalue weighted by Gasteiger charge is 2.11. The Bertz CT molecular complexity index is 410.